The molecule has 2 N–H and O–H groups in total. The number of anilines is 3. The fourth-order valence-corrected chi connectivity index (χ4v) is 14.9. The van der Waals surface area contributed by atoms with E-state index in [1.165, 1.54) is 168 Å². The lowest BCUT2D eigenvalue weighted by Gasteiger charge is -2.43. The van der Waals surface area contributed by atoms with E-state index in [2.05, 4.69) is 187 Å². The minimum atomic E-state index is -0.362. The number of allylic oxidation sites excluding steroid dienone is 1. The summed E-state index contributed by atoms with van der Waals surface area (Å²) in [7, 11) is 2.45. The van der Waals surface area contributed by atoms with Gasteiger partial charge in [-0.05, 0) is 181 Å². The zero-order valence-electron chi connectivity index (χ0n) is 43.5. The highest BCUT2D eigenvalue weighted by atomic mass is 15.2. The number of fused-ring (bicyclic) bond motifs is 14. The molecule has 12 rings (SSSR count). The lowest BCUT2D eigenvalue weighted by molar-refractivity contribution is 0.332. The molecule has 3 heteroatoms. The van der Waals surface area contributed by atoms with E-state index < -0.39 is 0 Å². The van der Waals surface area contributed by atoms with Crippen LogP contribution in [0.1, 0.15) is 189 Å². The Morgan fingerprint density at radius 2 is 1.07 bits per heavy atom. The SMILES string of the molecule is Bc1c2cc3c(c1N(c1ccc4c(c1)C(C)(C)CCC4(C)C)C1=C(c4c-2cccc4-c2c(N)ccc4c2CCCC4)C(C)(C)c2cc4c(cc21)C(C)(C)CCCC4(C)C)-c1ccccc1C3(C)C. The van der Waals surface area contributed by atoms with Crippen LogP contribution in [0, 0.1) is 0 Å². The Kier molecular flexibility index (Phi) is 9.16. The van der Waals surface area contributed by atoms with Crippen molar-refractivity contribution in [3.05, 3.63) is 152 Å². The topological polar surface area (TPSA) is 29.3 Å². The van der Waals surface area contributed by atoms with E-state index in [9.17, 15) is 0 Å². The Morgan fingerprint density at radius 1 is 0.456 bits per heavy atom. The summed E-state index contributed by atoms with van der Waals surface area (Å²) in [5.41, 5.74) is 38.6. The second kappa shape index (κ2) is 14.2. The monoisotopic (exact) mass is 893 g/mol. The van der Waals surface area contributed by atoms with Gasteiger partial charge in [0.1, 0.15) is 7.85 Å². The third-order valence-electron chi connectivity index (χ3n) is 19.1. The molecule has 6 aromatic carbocycles. The maximum Gasteiger partial charge on any atom is 0.142 e. The minimum Gasteiger partial charge on any atom is -0.398 e. The van der Waals surface area contributed by atoms with Crippen molar-refractivity contribution in [1.82, 2.24) is 0 Å². The molecule has 6 aliphatic rings. The molecular formula is C65H73BN2. The molecule has 0 atom stereocenters. The van der Waals surface area contributed by atoms with Gasteiger partial charge in [0.05, 0.1) is 5.70 Å². The second-order valence-electron chi connectivity index (χ2n) is 25.8. The summed E-state index contributed by atoms with van der Waals surface area (Å²) in [4.78, 5) is 2.83. The Bertz CT molecular complexity index is 3240. The zero-order valence-corrected chi connectivity index (χ0v) is 43.5. The molecule has 0 spiro atoms. The van der Waals surface area contributed by atoms with E-state index in [-0.39, 0.29) is 32.5 Å². The van der Waals surface area contributed by atoms with Gasteiger partial charge in [-0.15, -0.1) is 0 Å². The third-order valence-corrected chi connectivity index (χ3v) is 19.1. The molecule has 0 saturated heterocycles. The Hall–Kier alpha value is -5.28. The molecule has 6 aromatic rings. The van der Waals surface area contributed by atoms with Crippen molar-refractivity contribution in [1.29, 1.82) is 0 Å². The molecule has 2 nitrogen and oxygen atoms in total. The molecule has 0 radical (unpaired) electrons. The first-order valence-electron chi connectivity index (χ1n) is 26.3. The summed E-state index contributed by atoms with van der Waals surface area (Å²) >= 11 is 0. The highest BCUT2D eigenvalue weighted by molar-refractivity contribution is 6.42. The van der Waals surface area contributed by atoms with Crippen molar-refractivity contribution < 1.29 is 0 Å². The maximum atomic E-state index is 7.38. The molecule has 0 amide bonds. The molecular weight excluding hydrogens is 820 g/mol. The van der Waals surface area contributed by atoms with E-state index in [0.29, 0.717) is 0 Å². The standard InChI is InChI=1S/C65H73BN2/c1-60(2)29-18-30-61(3,4)50-36-47-44(35-49(50)60)58-56(65(47,11)12)54-40(22-17-23-42(54)53-39-20-14-13-19-37(39)25-28-52(53)67)43-34-51-55(41-21-15-16-24-45(41)64(51,9)10)59(57(43)66)68(58)38-26-27-46-48(33-38)63(7,8)32-31-62(46,5)6/h15-17,21-28,33-36H,13-14,18-20,29-32,66-67H2,1-12H3. The van der Waals surface area contributed by atoms with Crippen LogP contribution in [0.3, 0.4) is 0 Å². The smallest absolute Gasteiger partial charge is 0.142 e. The van der Waals surface area contributed by atoms with Gasteiger partial charge in [-0.2, -0.15) is 0 Å². The molecule has 1 heterocycles. The first-order chi connectivity index (χ1) is 32.1. The van der Waals surface area contributed by atoms with Gasteiger partial charge in [-0.25, -0.2) is 0 Å². The largest absolute Gasteiger partial charge is 0.398 e. The Labute approximate surface area is 409 Å². The van der Waals surface area contributed by atoms with E-state index >= 15 is 0 Å². The fourth-order valence-electron chi connectivity index (χ4n) is 14.9. The average Bonchev–Trinajstić information content (AvgIpc) is 3.62. The summed E-state index contributed by atoms with van der Waals surface area (Å²) in [6.07, 6.45) is 10.6. The van der Waals surface area contributed by atoms with Crippen LogP contribution in [-0.4, -0.2) is 7.85 Å². The molecule has 0 fully saturated rings. The first-order valence-corrected chi connectivity index (χ1v) is 26.3. The summed E-state index contributed by atoms with van der Waals surface area (Å²) in [6, 6.07) is 36.8. The summed E-state index contributed by atoms with van der Waals surface area (Å²) in [6.45, 7) is 30.0. The van der Waals surface area contributed by atoms with Crippen LogP contribution in [0.15, 0.2) is 91.0 Å². The molecule has 0 aromatic heterocycles. The number of aryl methyl sites for hydroxylation is 1. The van der Waals surface area contributed by atoms with Crippen molar-refractivity contribution in [2.24, 2.45) is 0 Å². The van der Waals surface area contributed by atoms with Crippen molar-refractivity contribution in [2.45, 2.75) is 173 Å². The number of benzene rings is 6. The van der Waals surface area contributed by atoms with Crippen LogP contribution in [0.5, 0.6) is 0 Å². The van der Waals surface area contributed by atoms with Crippen molar-refractivity contribution in [2.75, 3.05) is 10.6 Å². The fraction of sp³-hybridized carbons (Fsp3) is 0.415. The van der Waals surface area contributed by atoms with Gasteiger partial charge in [0.15, 0.2) is 0 Å². The molecule has 0 saturated carbocycles. The van der Waals surface area contributed by atoms with Crippen LogP contribution in [0.4, 0.5) is 17.1 Å². The highest BCUT2D eigenvalue weighted by Gasteiger charge is 2.50. The van der Waals surface area contributed by atoms with Gasteiger partial charge in [0.2, 0.25) is 0 Å². The molecule has 346 valence electrons. The Balaban J connectivity index is 1.31. The predicted octanol–water partition coefficient (Wildman–Crippen LogP) is 15.4. The highest BCUT2D eigenvalue weighted by Crippen LogP contribution is 2.64. The lowest BCUT2D eigenvalue weighted by Crippen LogP contribution is -2.34. The van der Waals surface area contributed by atoms with Crippen molar-refractivity contribution in [3.8, 4) is 33.4 Å². The first kappa shape index (κ1) is 44.0. The van der Waals surface area contributed by atoms with Crippen LogP contribution in [-0.2, 0) is 45.3 Å². The number of nitrogen functional groups attached to an aromatic ring is 1. The lowest BCUT2D eigenvalue weighted by atomic mass is 9.63. The van der Waals surface area contributed by atoms with Crippen LogP contribution in [0.2, 0.25) is 0 Å². The number of rotatable bonds is 2. The van der Waals surface area contributed by atoms with E-state index in [0.717, 1.165) is 18.5 Å². The van der Waals surface area contributed by atoms with Gasteiger partial charge >= 0.3 is 0 Å². The number of nitrogens with zero attached hydrogens (tertiary/aromatic N) is 1. The van der Waals surface area contributed by atoms with E-state index in [4.69, 9.17) is 5.73 Å². The molecule has 2 bridgehead atoms. The summed E-state index contributed by atoms with van der Waals surface area (Å²) < 4.78 is 0. The number of hydrogen-bond donors (Lipinski definition) is 1. The minimum absolute atomic E-state index is 0.0279. The average molecular weight is 893 g/mol. The van der Waals surface area contributed by atoms with Crippen LogP contribution < -0.4 is 16.1 Å². The second-order valence-corrected chi connectivity index (χ2v) is 25.8. The predicted molar refractivity (Wildman–Crippen MR) is 294 cm³/mol. The van der Waals surface area contributed by atoms with Gasteiger partial charge in [0.25, 0.3) is 0 Å². The molecule has 0 unspecified atom stereocenters. The van der Waals surface area contributed by atoms with Gasteiger partial charge < -0.3 is 10.6 Å². The quantitative estimate of drug-likeness (QED) is 0.107. The van der Waals surface area contributed by atoms with E-state index in [1.807, 2.05) is 0 Å². The summed E-state index contributed by atoms with van der Waals surface area (Å²) in [5, 5.41) is 0. The Morgan fingerprint density at radius 3 is 1.82 bits per heavy atom. The molecule has 1 aliphatic heterocycles. The van der Waals surface area contributed by atoms with Crippen molar-refractivity contribution in [3.63, 3.8) is 0 Å². The molecule has 68 heavy (non-hydrogen) atoms. The third kappa shape index (κ3) is 5.89. The van der Waals surface area contributed by atoms with Crippen molar-refractivity contribution >= 4 is 41.6 Å². The summed E-state index contributed by atoms with van der Waals surface area (Å²) in [5.74, 6) is 0. The van der Waals surface area contributed by atoms with E-state index in [1.54, 1.807) is 0 Å². The van der Waals surface area contributed by atoms with Gasteiger partial charge in [0, 0.05) is 44.6 Å². The molecule has 5 aliphatic carbocycles. The van der Waals surface area contributed by atoms with Gasteiger partial charge in [-0.1, -0.05) is 162 Å². The van der Waals surface area contributed by atoms with Crippen LogP contribution >= 0.6 is 0 Å². The maximum absolute atomic E-state index is 7.38. The number of nitrogens with two attached hydrogens (primary N) is 1. The normalized spacial score (nSPS) is 21.1. The van der Waals surface area contributed by atoms with Gasteiger partial charge in [-0.3, -0.25) is 0 Å². The zero-order chi connectivity index (χ0) is 47.8. The number of hydrogen-bond acceptors (Lipinski definition) is 2. The van der Waals surface area contributed by atoms with Crippen LogP contribution in [0.25, 0.3) is 44.7 Å².